The van der Waals surface area contributed by atoms with Crippen molar-refractivity contribution in [3.8, 4) is 5.88 Å². The monoisotopic (exact) mass is 367 g/mol. The molecular weight excluding hydrogens is 346 g/mol. The van der Waals surface area contributed by atoms with E-state index < -0.39 is 10.0 Å². The third kappa shape index (κ3) is 3.76. The molecule has 0 radical (unpaired) electrons. The van der Waals surface area contributed by atoms with Crippen molar-refractivity contribution in [3.05, 3.63) is 34.8 Å². The third-order valence-corrected chi connectivity index (χ3v) is 7.54. The minimum atomic E-state index is -3.45. The number of thiophene rings is 1. The largest absolute Gasteiger partial charge is 0.472 e. The van der Waals surface area contributed by atoms with Gasteiger partial charge >= 0.3 is 0 Å². The molecule has 1 aliphatic heterocycles. The molecule has 2 aromatic heterocycles. The van der Waals surface area contributed by atoms with Crippen LogP contribution in [0.25, 0.3) is 0 Å². The maximum Gasteiger partial charge on any atom is 0.252 e. The lowest BCUT2D eigenvalue weighted by molar-refractivity contribution is 0.123. The van der Waals surface area contributed by atoms with E-state index in [0.29, 0.717) is 23.2 Å². The lowest BCUT2D eigenvalue weighted by Crippen LogP contribution is -2.44. The Labute approximate surface area is 146 Å². The Morgan fingerprint density at radius 1 is 1.29 bits per heavy atom. The summed E-state index contributed by atoms with van der Waals surface area (Å²) in [5.74, 6) is 0.439. The molecule has 1 saturated heterocycles. The summed E-state index contributed by atoms with van der Waals surface area (Å²) in [7, 11) is -3.45. The van der Waals surface area contributed by atoms with Crippen LogP contribution in [0.4, 0.5) is 0 Å². The molecule has 8 heteroatoms. The van der Waals surface area contributed by atoms with Gasteiger partial charge in [-0.1, -0.05) is 6.92 Å². The molecule has 0 aliphatic carbocycles. The molecule has 130 valence electrons. The Balaban J connectivity index is 1.71. The Hall–Kier alpha value is -1.51. The van der Waals surface area contributed by atoms with Gasteiger partial charge in [0.2, 0.25) is 5.88 Å². The number of piperidine rings is 1. The maximum atomic E-state index is 12.8. The average molecular weight is 367 g/mol. The van der Waals surface area contributed by atoms with Gasteiger partial charge in [0.1, 0.15) is 10.3 Å². The van der Waals surface area contributed by atoms with Gasteiger partial charge in [-0.2, -0.15) is 9.40 Å². The van der Waals surface area contributed by atoms with Crippen molar-refractivity contribution in [2.75, 3.05) is 13.1 Å². The quantitative estimate of drug-likeness (QED) is 0.812. The first-order chi connectivity index (χ1) is 11.5. The second kappa shape index (κ2) is 7.16. The number of ether oxygens (including phenoxy) is 1. The van der Waals surface area contributed by atoms with Crippen LogP contribution in [0.2, 0.25) is 0 Å². The molecule has 2 aromatic rings. The van der Waals surface area contributed by atoms with E-state index in [1.165, 1.54) is 15.6 Å². The molecule has 1 unspecified atom stereocenters. The number of aryl methyl sites for hydroxylation is 2. The zero-order valence-electron chi connectivity index (χ0n) is 13.8. The molecule has 6 nitrogen and oxygen atoms in total. The van der Waals surface area contributed by atoms with Gasteiger partial charge in [0, 0.05) is 17.5 Å². The predicted molar refractivity (Wildman–Crippen MR) is 92.9 cm³/mol. The number of nitrogens with zero attached hydrogens (tertiary/aromatic N) is 3. The van der Waals surface area contributed by atoms with E-state index in [4.69, 9.17) is 4.74 Å². The fourth-order valence-electron chi connectivity index (χ4n) is 2.65. The first-order valence-corrected chi connectivity index (χ1v) is 10.3. The second-order valence-corrected chi connectivity index (χ2v) is 9.17. The van der Waals surface area contributed by atoms with Crippen LogP contribution < -0.4 is 4.74 Å². The summed E-state index contributed by atoms with van der Waals surface area (Å²) >= 11 is 1.35. The van der Waals surface area contributed by atoms with Crippen LogP contribution in [0, 0.1) is 6.92 Å². The fraction of sp³-hybridized carbons (Fsp3) is 0.500. The first kappa shape index (κ1) is 17.3. The van der Waals surface area contributed by atoms with E-state index in [2.05, 4.69) is 10.2 Å². The first-order valence-electron chi connectivity index (χ1n) is 8.05. The van der Waals surface area contributed by atoms with Gasteiger partial charge in [-0.25, -0.2) is 8.42 Å². The van der Waals surface area contributed by atoms with Crippen LogP contribution in [-0.4, -0.2) is 42.1 Å². The van der Waals surface area contributed by atoms with Crippen molar-refractivity contribution in [1.82, 2.24) is 14.5 Å². The van der Waals surface area contributed by atoms with E-state index in [9.17, 15) is 8.42 Å². The molecule has 3 rings (SSSR count). The normalized spacial score (nSPS) is 19.3. The highest BCUT2D eigenvalue weighted by Crippen LogP contribution is 2.28. The van der Waals surface area contributed by atoms with Crippen LogP contribution in [0.5, 0.6) is 5.88 Å². The summed E-state index contributed by atoms with van der Waals surface area (Å²) in [6.07, 6.45) is 2.23. The summed E-state index contributed by atoms with van der Waals surface area (Å²) in [5.41, 5.74) is 0.819. The van der Waals surface area contributed by atoms with Crippen LogP contribution >= 0.6 is 11.3 Å². The molecule has 24 heavy (non-hydrogen) atoms. The van der Waals surface area contributed by atoms with Crippen molar-refractivity contribution in [2.24, 2.45) is 0 Å². The van der Waals surface area contributed by atoms with Crippen LogP contribution in [0.1, 0.15) is 30.3 Å². The lowest BCUT2D eigenvalue weighted by Gasteiger charge is -2.31. The van der Waals surface area contributed by atoms with E-state index >= 15 is 0 Å². The van der Waals surface area contributed by atoms with Gasteiger partial charge in [0.15, 0.2) is 0 Å². The molecule has 0 bridgehead atoms. The number of hydrogen-bond donors (Lipinski definition) is 0. The van der Waals surface area contributed by atoms with Crippen molar-refractivity contribution in [3.63, 3.8) is 0 Å². The van der Waals surface area contributed by atoms with Crippen molar-refractivity contribution in [2.45, 2.75) is 43.4 Å². The fourth-order valence-corrected chi connectivity index (χ4v) is 5.61. The number of sulfonamides is 1. The van der Waals surface area contributed by atoms with Crippen LogP contribution in [0.15, 0.2) is 28.5 Å². The smallest absolute Gasteiger partial charge is 0.252 e. The van der Waals surface area contributed by atoms with Crippen molar-refractivity contribution < 1.29 is 13.2 Å². The summed E-state index contributed by atoms with van der Waals surface area (Å²) in [4.78, 5) is 1.08. The Morgan fingerprint density at radius 2 is 2.12 bits per heavy atom. The topological polar surface area (TPSA) is 72.4 Å². The van der Waals surface area contributed by atoms with Crippen LogP contribution in [-0.2, 0) is 16.4 Å². The van der Waals surface area contributed by atoms with E-state index in [1.807, 2.05) is 26.0 Å². The minimum Gasteiger partial charge on any atom is -0.472 e. The summed E-state index contributed by atoms with van der Waals surface area (Å²) in [6, 6.07) is 7.19. The average Bonchev–Trinajstić information content (AvgIpc) is 3.07. The predicted octanol–water partition coefficient (Wildman–Crippen LogP) is 2.64. The van der Waals surface area contributed by atoms with Crippen molar-refractivity contribution >= 4 is 21.4 Å². The van der Waals surface area contributed by atoms with E-state index in [0.717, 1.165) is 29.8 Å². The Kier molecular flexibility index (Phi) is 5.17. The zero-order chi connectivity index (χ0) is 17.2. The lowest BCUT2D eigenvalue weighted by atomic mass is 10.1. The Morgan fingerprint density at radius 3 is 2.79 bits per heavy atom. The SMILES string of the molecule is CCc1ccc(S(=O)(=O)N2CCCC(Oc3ccc(C)nn3)C2)s1. The van der Waals surface area contributed by atoms with Crippen LogP contribution in [0.3, 0.4) is 0 Å². The molecule has 0 N–H and O–H groups in total. The summed E-state index contributed by atoms with van der Waals surface area (Å²) in [5, 5.41) is 7.96. The highest BCUT2D eigenvalue weighted by molar-refractivity contribution is 7.91. The minimum absolute atomic E-state index is 0.198. The molecule has 1 atom stereocenters. The molecule has 0 aromatic carbocycles. The van der Waals surface area contributed by atoms with Gasteiger partial charge in [0.05, 0.1) is 12.2 Å². The third-order valence-electron chi connectivity index (χ3n) is 3.98. The number of aromatic nitrogens is 2. The van der Waals surface area contributed by atoms with Gasteiger partial charge in [-0.15, -0.1) is 16.4 Å². The molecule has 0 spiro atoms. The molecule has 0 amide bonds. The van der Waals surface area contributed by atoms with Gasteiger partial charge < -0.3 is 4.74 Å². The van der Waals surface area contributed by atoms with Gasteiger partial charge in [-0.05, 0) is 44.4 Å². The standard InChI is InChI=1S/C16H21N3O3S2/c1-3-14-7-9-16(23-14)24(20,21)19-10-4-5-13(11-19)22-15-8-6-12(2)17-18-15/h6-9,13H,3-5,10-11H2,1-2H3. The zero-order valence-corrected chi connectivity index (χ0v) is 15.4. The van der Waals surface area contributed by atoms with E-state index in [-0.39, 0.29) is 6.10 Å². The maximum absolute atomic E-state index is 12.8. The molecule has 0 saturated carbocycles. The highest BCUT2D eigenvalue weighted by Gasteiger charge is 2.32. The van der Waals surface area contributed by atoms with Crippen molar-refractivity contribution in [1.29, 1.82) is 0 Å². The second-order valence-electron chi connectivity index (χ2n) is 5.83. The van der Waals surface area contributed by atoms with E-state index in [1.54, 1.807) is 12.1 Å². The molecule has 3 heterocycles. The highest BCUT2D eigenvalue weighted by atomic mass is 32.2. The number of hydrogen-bond acceptors (Lipinski definition) is 6. The van der Waals surface area contributed by atoms with Gasteiger partial charge in [0.25, 0.3) is 10.0 Å². The molecule has 1 fully saturated rings. The summed E-state index contributed by atoms with van der Waals surface area (Å²) in [6.45, 7) is 4.76. The molecule has 1 aliphatic rings. The summed E-state index contributed by atoms with van der Waals surface area (Å²) < 4.78 is 33.4. The number of rotatable bonds is 5. The molecular formula is C16H21N3O3S2. The van der Waals surface area contributed by atoms with Gasteiger partial charge in [-0.3, -0.25) is 0 Å². The Bertz CT molecular complexity index is 787.